The lowest BCUT2D eigenvalue weighted by Crippen LogP contribution is -2.11. The molecule has 0 unspecified atom stereocenters. The topological polar surface area (TPSA) is 48.0 Å². The van der Waals surface area contributed by atoms with Gasteiger partial charge in [0.15, 0.2) is 5.76 Å². The number of hydrogen-bond acceptors (Lipinski definition) is 3. The Morgan fingerprint density at radius 3 is 2.63 bits per heavy atom. The number of benzene rings is 1. The molecular formula is C14H9FN2O2. The van der Waals surface area contributed by atoms with E-state index >= 15 is 0 Å². The van der Waals surface area contributed by atoms with Crippen LogP contribution in [0.1, 0.15) is 10.6 Å². The summed E-state index contributed by atoms with van der Waals surface area (Å²) in [5.41, 5.74) is 0.709. The molecule has 0 saturated heterocycles. The first-order chi connectivity index (χ1) is 9.24. The van der Waals surface area contributed by atoms with Gasteiger partial charge in [0.1, 0.15) is 11.6 Å². The molecule has 0 aliphatic rings. The van der Waals surface area contributed by atoms with Gasteiger partial charge in [0, 0.05) is 18.0 Å². The Bertz CT molecular complexity index is 699. The van der Waals surface area contributed by atoms with Gasteiger partial charge in [-0.25, -0.2) is 9.07 Å². The van der Waals surface area contributed by atoms with Gasteiger partial charge in [-0.15, -0.1) is 0 Å². The fourth-order valence-electron chi connectivity index (χ4n) is 1.72. The summed E-state index contributed by atoms with van der Waals surface area (Å²) >= 11 is 0. The number of hydrogen-bond donors (Lipinski definition) is 0. The molecule has 0 amide bonds. The molecule has 3 rings (SSSR count). The third-order valence-electron chi connectivity index (χ3n) is 2.66. The molecule has 0 aliphatic carbocycles. The SMILES string of the molecule is O=C(c1ccc(-c2ccc(F)cc2)o1)n1cccn1. The van der Waals surface area contributed by atoms with Crippen LogP contribution in [-0.4, -0.2) is 15.7 Å². The summed E-state index contributed by atoms with van der Waals surface area (Å²) in [6, 6.07) is 10.8. The van der Waals surface area contributed by atoms with E-state index in [1.165, 1.54) is 23.0 Å². The van der Waals surface area contributed by atoms with Crippen molar-refractivity contribution in [1.29, 1.82) is 0 Å². The van der Waals surface area contributed by atoms with Crippen LogP contribution in [0.2, 0.25) is 0 Å². The van der Waals surface area contributed by atoms with Gasteiger partial charge in [-0.1, -0.05) is 0 Å². The summed E-state index contributed by atoms with van der Waals surface area (Å²) in [5, 5.41) is 3.84. The molecule has 94 valence electrons. The van der Waals surface area contributed by atoms with Crippen LogP contribution in [-0.2, 0) is 0 Å². The zero-order valence-corrected chi connectivity index (χ0v) is 9.79. The molecule has 0 saturated carbocycles. The molecule has 0 atom stereocenters. The molecule has 19 heavy (non-hydrogen) atoms. The number of carbonyl (C=O) groups excluding carboxylic acids is 1. The number of carbonyl (C=O) groups is 1. The molecule has 0 fully saturated rings. The Kier molecular flexibility index (Phi) is 2.72. The zero-order valence-electron chi connectivity index (χ0n) is 9.79. The maximum Gasteiger partial charge on any atom is 0.313 e. The van der Waals surface area contributed by atoms with Crippen molar-refractivity contribution in [2.75, 3.05) is 0 Å². The maximum atomic E-state index is 12.8. The van der Waals surface area contributed by atoms with Crippen LogP contribution >= 0.6 is 0 Å². The highest BCUT2D eigenvalue weighted by atomic mass is 19.1. The number of halogens is 1. The average Bonchev–Trinajstić information content (AvgIpc) is 3.10. The van der Waals surface area contributed by atoms with Crippen molar-refractivity contribution in [1.82, 2.24) is 9.78 Å². The normalized spacial score (nSPS) is 10.6. The molecule has 1 aromatic carbocycles. The van der Waals surface area contributed by atoms with Crippen molar-refractivity contribution >= 4 is 5.91 Å². The highest BCUT2D eigenvalue weighted by Gasteiger charge is 2.14. The first kappa shape index (κ1) is 11.4. The Morgan fingerprint density at radius 1 is 1.16 bits per heavy atom. The van der Waals surface area contributed by atoms with Gasteiger partial charge in [0.05, 0.1) is 0 Å². The first-order valence-corrected chi connectivity index (χ1v) is 5.64. The van der Waals surface area contributed by atoms with Gasteiger partial charge >= 0.3 is 5.91 Å². The summed E-state index contributed by atoms with van der Waals surface area (Å²) < 4.78 is 19.5. The van der Waals surface area contributed by atoms with E-state index in [-0.39, 0.29) is 17.5 Å². The molecule has 0 aliphatic heterocycles. The van der Waals surface area contributed by atoms with Crippen molar-refractivity contribution in [2.45, 2.75) is 0 Å². The van der Waals surface area contributed by atoms with E-state index in [1.54, 1.807) is 36.5 Å². The Labute approximate surface area is 108 Å². The number of rotatable bonds is 2. The summed E-state index contributed by atoms with van der Waals surface area (Å²) in [4.78, 5) is 12.0. The largest absolute Gasteiger partial charge is 0.451 e. The average molecular weight is 256 g/mol. The van der Waals surface area contributed by atoms with Crippen molar-refractivity contribution in [2.24, 2.45) is 0 Å². The molecule has 3 aromatic rings. The van der Waals surface area contributed by atoms with Crippen LogP contribution in [0.15, 0.2) is 59.3 Å². The van der Waals surface area contributed by atoms with E-state index in [9.17, 15) is 9.18 Å². The minimum Gasteiger partial charge on any atom is -0.451 e. The van der Waals surface area contributed by atoms with Gasteiger partial charge in [-0.05, 0) is 42.5 Å². The fourth-order valence-corrected chi connectivity index (χ4v) is 1.72. The molecule has 2 heterocycles. The third kappa shape index (κ3) is 2.18. The summed E-state index contributed by atoms with van der Waals surface area (Å²) in [6.07, 6.45) is 3.06. The summed E-state index contributed by atoms with van der Waals surface area (Å²) in [5.74, 6) is 0.0278. The van der Waals surface area contributed by atoms with Gasteiger partial charge in [-0.2, -0.15) is 5.10 Å². The van der Waals surface area contributed by atoms with Crippen LogP contribution in [0.5, 0.6) is 0 Å². The second-order valence-electron chi connectivity index (χ2n) is 3.93. The lowest BCUT2D eigenvalue weighted by molar-refractivity contribution is 0.0918. The Balaban J connectivity index is 1.91. The van der Waals surface area contributed by atoms with Crippen LogP contribution in [0.4, 0.5) is 4.39 Å². The van der Waals surface area contributed by atoms with Gasteiger partial charge < -0.3 is 4.42 Å². The predicted molar refractivity (Wildman–Crippen MR) is 66.1 cm³/mol. The lowest BCUT2D eigenvalue weighted by Gasteiger charge is -1.98. The number of furan rings is 1. The quantitative estimate of drug-likeness (QED) is 0.708. The number of aromatic nitrogens is 2. The third-order valence-corrected chi connectivity index (χ3v) is 2.66. The van der Waals surface area contributed by atoms with Crippen LogP contribution in [0, 0.1) is 5.82 Å². The van der Waals surface area contributed by atoms with Crippen LogP contribution < -0.4 is 0 Å². The van der Waals surface area contributed by atoms with Gasteiger partial charge in [0.25, 0.3) is 0 Å². The van der Waals surface area contributed by atoms with Crippen LogP contribution in [0.25, 0.3) is 11.3 Å². The smallest absolute Gasteiger partial charge is 0.313 e. The minimum atomic E-state index is -0.349. The Morgan fingerprint density at radius 2 is 1.95 bits per heavy atom. The number of nitrogens with zero attached hydrogens (tertiary/aromatic N) is 2. The highest BCUT2D eigenvalue weighted by Crippen LogP contribution is 2.22. The summed E-state index contributed by atoms with van der Waals surface area (Å²) in [7, 11) is 0. The van der Waals surface area contributed by atoms with E-state index in [0.29, 0.717) is 11.3 Å². The Hall–Kier alpha value is -2.69. The van der Waals surface area contributed by atoms with E-state index in [4.69, 9.17) is 4.42 Å². The van der Waals surface area contributed by atoms with Crippen molar-refractivity contribution in [3.8, 4) is 11.3 Å². The monoisotopic (exact) mass is 256 g/mol. The predicted octanol–water partition coefficient (Wildman–Crippen LogP) is 2.97. The van der Waals surface area contributed by atoms with Crippen molar-refractivity contribution in [3.05, 3.63) is 66.4 Å². The van der Waals surface area contributed by atoms with Crippen molar-refractivity contribution in [3.63, 3.8) is 0 Å². The van der Waals surface area contributed by atoms with E-state index in [1.807, 2.05) is 0 Å². The maximum absolute atomic E-state index is 12.8. The first-order valence-electron chi connectivity index (χ1n) is 5.64. The zero-order chi connectivity index (χ0) is 13.2. The van der Waals surface area contributed by atoms with Gasteiger partial charge in [0.2, 0.25) is 0 Å². The fraction of sp³-hybridized carbons (Fsp3) is 0. The molecule has 2 aromatic heterocycles. The minimum absolute atomic E-state index is 0.183. The molecule has 0 spiro atoms. The van der Waals surface area contributed by atoms with Crippen molar-refractivity contribution < 1.29 is 13.6 Å². The molecular weight excluding hydrogens is 247 g/mol. The molecule has 0 N–H and O–H groups in total. The van der Waals surface area contributed by atoms with Gasteiger partial charge in [-0.3, -0.25) is 4.79 Å². The van der Waals surface area contributed by atoms with E-state index in [0.717, 1.165) is 0 Å². The van der Waals surface area contributed by atoms with Crippen LogP contribution in [0.3, 0.4) is 0 Å². The molecule has 5 heteroatoms. The molecule has 4 nitrogen and oxygen atoms in total. The summed E-state index contributed by atoms with van der Waals surface area (Å²) in [6.45, 7) is 0. The second-order valence-corrected chi connectivity index (χ2v) is 3.93. The standard InChI is InChI=1S/C14H9FN2O2/c15-11-4-2-10(3-5-11)12-6-7-13(19-12)14(18)17-9-1-8-16-17/h1-9H. The second kappa shape index (κ2) is 4.53. The van der Waals surface area contributed by atoms with E-state index in [2.05, 4.69) is 5.10 Å². The van der Waals surface area contributed by atoms with E-state index < -0.39 is 0 Å². The lowest BCUT2D eigenvalue weighted by atomic mass is 10.2. The highest BCUT2D eigenvalue weighted by molar-refractivity contribution is 5.93. The molecule has 0 bridgehead atoms. The molecule has 0 radical (unpaired) electrons.